The lowest BCUT2D eigenvalue weighted by Gasteiger charge is -2.12. The Morgan fingerprint density at radius 2 is 2.09 bits per heavy atom. The molecule has 2 heterocycles. The standard InChI is InChI=1S/C15H16Cl2N4O/c16-11-4-1-5-12(15(11)17)21-14-7-13(19-9-20-14)18-8-10-3-2-6-22-10/h1,4-5,7,9-10H,2-3,6,8H2,(H2,18,19,20,21). The second-order valence-corrected chi connectivity index (χ2v) is 5.82. The summed E-state index contributed by atoms with van der Waals surface area (Å²) in [5, 5.41) is 7.37. The number of rotatable bonds is 5. The molecular formula is C15H16Cl2N4O. The topological polar surface area (TPSA) is 59.1 Å². The summed E-state index contributed by atoms with van der Waals surface area (Å²) in [5.74, 6) is 1.39. The lowest BCUT2D eigenvalue weighted by atomic mass is 10.2. The van der Waals surface area contributed by atoms with Gasteiger partial charge in [0.2, 0.25) is 0 Å². The Bertz CT molecular complexity index is 647. The molecule has 1 aliphatic heterocycles. The van der Waals surface area contributed by atoms with Crippen LogP contribution in [0.25, 0.3) is 0 Å². The fourth-order valence-corrected chi connectivity index (χ4v) is 2.63. The van der Waals surface area contributed by atoms with Crippen molar-refractivity contribution in [3.63, 3.8) is 0 Å². The number of nitrogens with one attached hydrogen (secondary N) is 2. The van der Waals surface area contributed by atoms with E-state index in [1.165, 1.54) is 6.33 Å². The first-order valence-corrected chi connectivity index (χ1v) is 7.86. The van der Waals surface area contributed by atoms with Crippen LogP contribution in [0.1, 0.15) is 12.8 Å². The largest absolute Gasteiger partial charge is 0.376 e. The van der Waals surface area contributed by atoms with Crippen molar-refractivity contribution in [1.82, 2.24) is 9.97 Å². The molecule has 1 aromatic carbocycles. The minimum Gasteiger partial charge on any atom is -0.376 e. The van der Waals surface area contributed by atoms with E-state index in [0.717, 1.165) is 31.8 Å². The van der Waals surface area contributed by atoms with Crippen LogP contribution in [-0.2, 0) is 4.74 Å². The highest BCUT2D eigenvalue weighted by Crippen LogP contribution is 2.31. The highest BCUT2D eigenvalue weighted by atomic mass is 35.5. The van der Waals surface area contributed by atoms with Crippen molar-refractivity contribution in [3.05, 3.63) is 40.6 Å². The van der Waals surface area contributed by atoms with Gasteiger partial charge in [-0.05, 0) is 25.0 Å². The normalized spacial score (nSPS) is 17.5. The van der Waals surface area contributed by atoms with Gasteiger partial charge in [-0.15, -0.1) is 0 Å². The zero-order chi connectivity index (χ0) is 15.4. The molecule has 1 fully saturated rings. The molecule has 1 saturated heterocycles. The minimum atomic E-state index is 0.258. The third-order valence-electron chi connectivity index (χ3n) is 3.42. The molecule has 0 radical (unpaired) electrons. The van der Waals surface area contributed by atoms with E-state index in [1.54, 1.807) is 6.07 Å². The van der Waals surface area contributed by atoms with Gasteiger partial charge in [-0.2, -0.15) is 0 Å². The molecule has 1 aliphatic rings. The molecule has 7 heteroatoms. The third-order valence-corrected chi connectivity index (χ3v) is 4.24. The van der Waals surface area contributed by atoms with Crippen LogP contribution in [0.4, 0.5) is 17.3 Å². The number of hydrogen-bond donors (Lipinski definition) is 2. The number of benzene rings is 1. The van der Waals surface area contributed by atoms with Crippen molar-refractivity contribution < 1.29 is 4.74 Å². The van der Waals surface area contributed by atoms with E-state index in [-0.39, 0.29) is 6.10 Å². The van der Waals surface area contributed by atoms with Crippen molar-refractivity contribution in [1.29, 1.82) is 0 Å². The first-order chi connectivity index (χ1) is 10.7. The maximum Gasteiger partial charge on any atom is 0.135 e. The Kier molecular flexibility index (Phi) is 4.97. The van der Waals surface area contributed by atoms with Gasteiger partial charge < -0.3 is 15.4 Å². The van der Waals surface area contributed by atoms with Crippen LogP contribution in [0.3, 0.4) is 0 Å². The van der Waals surface area contributed by atoms with Gasteiger partial charge in [-0.1, -0.05) is 29.3 Å². The van der Waals surface area contributed by atoms with Crippen LogP contribution >= 0.6 is 23.2 Å². The monoisotopic (exact) mass is 338 g/mol. The van der Waals surface area contributed by atoms with E-state index in [2.05, 4.69) is 20.6 Å². The Balaban J connectivity index is 1.66. The Labute approximate surface area is 139 Å². The van der Waals surface area contributed by atoms with Gasteiger partial charge in [-0.25, -0.2) is 9.97 Å². The summed E-state index contributed by atoms with van der Waals surface area (Å²) in [5.41, 5.74) is 0.706. The molecule has 0 amide bonds. The van der Waals surface area contributed by atoms with E-state index in [0.29, 0.717) is 21.6 Å². The molecule has 3 rings (SSSR count). The van der Waals surface area contributed by atoms with Crippen LogP contribution in [0.2, 0.25) is 10.0 Å². The summed E-state index contributed by atoms with van der Waals surface area (Å²) in [7, 11) is 0. The van der Waals surface area contributed by atoms with E-state index in [9.17, 15) is 0 Å². The molecule has 22 heavy (non-hydrogen) atoms. The molecule has 0 saturated carbocycles. The third kappa shape index (κ3) is 3.80. The molecule has 0 spiro atoms. The molecule has 116 valence electrons. The number of hydrogen-bond acceptors (Lipinski definition) is 5. The summed E-state index contributed by atoms with van der Waals surface area (Å²) >= 11 is 12.2. The van der Waals surface area contributed by atoms with Crippen LogP contribution < -0.4 is 10.6 Å². The van der Waals surface area contributed by atoms with Gasteiger partial charge in [0.25, 0.3) is 0 Å². The molecule has 0 bridgehead atoms. The average Bonchev–Trinajstić information content (AvgIpc) is 3.04. The van der Waals surface area contributed by atoms with Crippen molar-refractivity contribution >= 4 is 40.5 Å². The predicted octanol–water partition coefficient (Wildman–Crippen LogP) is 4.12. The average molecular weight is 339 g/mol. The maximum atomic E-state index is 6.16. The van der Waals surface area contributed by atoms with E-state index >= 15 is 0 Å². The van der Waals surface area contributed by atoms with E-state index < -0.39 is 0 Å². The van der Waals surface area contributed by atoms with Gasteiger partial charge in [-0.3, -0.25) is 0 Å². The second-order valence-electron chi connectivity index (χ2n) is 5.03. The van der Waals surface area contributed by atoms with Gasteiger partial charge in [0, 0.05) is 19.2 Å². The summed E-state index contributed by atoms with van der Waals surface area (Å²) in [6.45, 7) is 1.59. The quantitative estimate of drug-likeness (QED) is 0.858. The first-order valence-electron chi connectivity index (χ1n) is 7.11. The predicted molar refractivity (Wildman–Crippen MR) is 89.2 cm³/mol. The first kappa shape index (κ1) is 15.3. The van der Waals surface area contributed by atoms with Crippen LogP contribution in [0.15, 0.2) is 30.6 Å². The number of anilines is 3. The fraction of sp³-hybridized carbons (Fsp3) is 0.333. The van der Waals surface area contributed by atoms with Gasteiger partial charge >= 0.3 is 0 Å². The van der Waals surface area contributed by atoms with E-state index in [1.807, 2.05) is 18.2 Å². The van der Waals surface area contributed by atoms with Gasteiger partial charge in [0.05, 0.1) is 21.8 Å². The Hall–Kier alpha value is -1.56. The fourth-order valence-electron chi connectivity index (χ4n) is 2.28. The summed E-state index contributed by atoms with van der Waals surface area (Å²) < 4.78 is 5.58. The summed E-state index contributed by atoms with van der Waals surface area (Å²) in [4.78, 5) is 8.40. The highest BCUT2D eigenvalue weighted by Gasteiger charge is 2.15. The smallest absolute Gasteiger partial charge is 0.135 e. The molecule has 1 unspecified atom stereocenters. The number of halogens is 2. The Morgan fingerprint density at radius 3 is 2.91 bits per heavy atom. The van der Waals surface area contributed by atoms with Crippen LogP contribution in [0, 0.1) is 0 Å². The van der Waals surface area contributed by atoms with E-state index in [4.69, 9.17) is 27.9 Å². The zero-order valence-electron chi connectivity index (χ0n) is 11.9. The molecule has 5 nitrogen and oxygen atoms in total. The maximum absolute atomic E-state index is 6.16. The molecule has 1 aromatic heterocycles. The Morgan fingerprint density at radius 1 is 1.23 bits per heavy atom. The lowest BCUT2D eigenvalue weighted by Crippen LogP contribution is -2.19. The summed E-state index contributed by atoms with van der Waals surface area (Å²) in [6.07, 6.45) is 3.96. The molecule has 2 aromatic rings. The number of ether oxygens (including phenoxy) is 1. The van der Waals surface area contributed by atoms with Gasteiger partial charge in [0.15, 0.2) is 0 Å². The van der Waals surface area contributed by atoms with Crippen LogP contribution in [0.5, 0.6) is 0 Å². The minimum absolute atomic E-state index is 0.258. The zero-order valence-corrected chi connectivity index (χ0v) is 13.4. The van der Waals surface area contributed by atoms with Gasteiger partial charge in [0.1, 0.15) is 18.0 Å². The molecule has 2 N–H and O–H groups in total. The highest BCUT2D eigenvalue weighted by molar-refractivity contribution is 6.43. The van der Waals surface area contributed by atoms with Crippen LogP contribution in [-0.4, -0.2) is 29.2 Å². The summed E-state index contributed by atoms with van der Waals surface area (Å²) in [6, 6.07) is 7.24. The van der Waals surface area contributed by atoms with Crippen molar-refractivity contribution in [2.45, 2.75) is 18.9 Å². The molecule has 0 aliphatic carbocycles. The number of aromatic nitrogens is 2. The molecule has 1 atom stereocenters. The SMILES string of the molecule is Clc1cccc(Nc2cc(NCC3CCCO3)ncn2)c1Cl. The second kappa shape index (κ2) is 7.13. The van der Waals surface area contributed by atoms with Crippen molar-refractivity contribution in [2.75, 3.05) is 23.8 Å². The number of nitrogens with zero attached hydrogens (tertiary/aromatic N) is 2. The molecular weight excluding hydrogens is 323 g/mol. The lowest BCUT2D eigenvalue weighted by molar-refractivity contribution is 0.120. The van der Waals surface area contributed by atoms with Crippen molar-refractivity contribution in [3.8, 4) is 0 Å². The van der Waals surface area contributed by atoms with Crippen molar-refractivity contribution in [2.24, 2.45) is 0 Å².